The minimum absolute atomic E-state index is 0.0817. The average Bonchev–Trinajstić information content (AvgIpc) is 2.18. The molecule has 0 radical (unpaired) electrons. The predicted molar refractivity (Wildman–Crippen MR) is 49.8 cm³/mol. The Balaban J connectivity index is 2.69. The molecule has 0 amide bonds. The highest BCUT2D eigenvalue weighted by atomic mass is 16.5. The Labute approximate surface area is 81.5 Å². The fourth-order valence-electron chi connectivity index (χ4n) is 0.913. The van der Waals surface area contributed by atoms with Crippen LogP contribution in [0.2, 0.25) is 0 Å². The second-order valence-electron chi connectivity index (χ2n) is 2.71. The smallest absolute Gasteiger partial charge is 0.469 e. The molecular weight excluding hydrogens is 185 g/mol. The summed E-state index contributed by atoms with van der Waals surface area (Å²) in [7, 11) is -0.233. The van der Waals surface area contributed by atoms with Gasteiger partial charge >= 0.3 is 13.1 Å². The molecule has 0 saturated carbocycles. The first kappa shape index (κ1) is 10.7. The van der Waals surface area contributed by atoms with Crippen molar-refractivity contribution in [2.75, 3.05) is 7.11 Å². The summed E-state index contributed by atoms with van der Waals surface area (Å²) in [6.45, 7) is 0. The highest BCUT2D eigenvalue weighted by Crippen LogP contribution is 1.95. The third-order valence-corrected chi connectivity index (χ3v) is 1.70. The Morgan fingerprint density at radius 2 is 2.29 bits per heavy atom. The van der Waals surface area contributed by atoms with Crippen molar-refractivity contribution in [2.24, 2.45) is 0 Å². The molecule has 0 fully saturated rings. The standard InChI is InChI=1S/C8H10BNO4/c1-14-8(11)4-7-3-2-6(5-10-7)9(12)13/h2-3,5,12-13H,4H2,1H3. The highest BCUT2D eigenvalue weighted by Gasteiger charge is 2.11. The van der Waals surface area contributed by atoms with Gasteiger partial charge in [-0.1, -0.05) is 6.07 Å². The lowest BCUT2D eigenvalue weighted by atomic mass is 9.81. The first-order valence-electron chi connectivity index (χ1n) is 4.01. The van der Waals surface area contributed by atoms with Crippen molar-refractivity contribution in [3.63, 3.8) is 0 Å². The van der Waals surface area contributed by atoms with E-state index >= 15 is 0 Å². The number of carbonyl (C=O) groups is 1. The molecule has 2 N–H and O–H groups in total. The van der Waals surface area contributed by atoms with E-state index < -0.39 is 7.12 Å². The number of esters is 1. The van der Waals surface area contributed by atoms with Crippen molar-refractivity contribution >= 4 is 18.6 Å². The molecule has 0 atom stereocenters. The van der Waals surface area contributed by atoms with Crippen molar-refractivity contribution < 1.29 is 19.6 Å². The zero-order valence-corrected chi connectivity index (χ0v) is 7.67. The quantitative estimate of drug-likeness (QED) is 0.452. The molecule has 0 bridgehead atoms. The molecule has 0 unspecified atom stereocenters. The molecule has 0 saturated heterocycles. The van der Waals surface area contributed by atoms with E-state index in [1.54, 1.807) is 6.07 Å². The predicted octanol–water partition coefficient (Wildman–Crippen LogP) is -1.52. The number of aromatic nitrogens is 1. The summed E-state index contributed by atoms with van der Waals surface area (Å²) in [5.74, 6) is -0.380. The second kappa shape index (κ2) is 4.73. The van der Waals surface area contributed by atoms with Crippen LogP contribution in [-0.4, -0.2) is 35.2 Å². The molecule has 5 nitrogen and oxygen atoms in total. The Hall–Kier alpha value is -1.40. The van der Waals surface area contributed by atoms with Gasteiger partial charge < -0.3 is 14.8 Å². The van der Waals surface area contributed by atoms with Crippen LogP contribution in [0.4, 0.5) is 0 Å². The van der Waals surface area contributed by atoms with Gasteiger partial charge in [0.15, 0.2) is 0 Å². The van der Waals surface area contributed by atoms with E-state index in [4.69, 9.17) is 10.0 Å². The summed E-state index contributed by atoms with van der Waals surface area (Å²) in [6.07, 6.45) is 1.39. The summed E-state index contributed by atoms with van der Waals surface area (Å²) in [4.78, 5) is 14.7. The minimum atomic E-state index is -1.53. The molecule has 6 heteroatoms. The summed E-state index contributed by atoms with van der Waals surface area (Å²) in [5.41, 5.74) is 0.819. The normalized spacial score (nSPS) is 9.64. The number of pyridine rings is 1. The van der Waals surface area contributed by atoms with Crippen LogP contribution >= 0.6 is 0 Å². The van der Waals surface area contributed by atoms with Gasteiger partial charge in [-0.15, -0.1) is 0 Å². The zero-order chi connectivity index (χ0) is 10.6. The lowest BCUT2D eigenvalue weighted by molar-refractivity contribution is -0.139. The number of rotatable bonds is 3. The van der Waals surface area contributed by atoms with Crippen LogP contribution in [0, 0.1) is 0 Å². The Morgan fingerprint density at radius 3 is 2.71 bits per heavy atom. The van der Waals surface area contributed by atoms with E-state index in [0.717, 1.165) is 0 Å². The van der Waals surface area contributed by atoms with Gasteiger partial charge in [-0.2, -0.15) is 0 Å². The number of nitrogens with zero attached hydrogens (tertiary/aromatic N) is 1. The maximum Gasteiger partial charge on any atom is 0.490 e. The van der Waals surface area contributed by atoms with Crippen LogP contribution < -0.4 is 5.46 Å². The van der Waals surface area contributed by atoms with Gasteiger partial charge in [-0.05, 0) is 6.07 Å². The van der Waals surface area contributed by atoms with Crippen molar-refractivity contribution in [3.8, 4) is 0 Å². The molecule has 14 heavy (non-hydrogen) atoms. The van der Waals surface area contributed by atoms with E-state index in [2.05, 4.69) is 9.72 Å². The maximum atomic E-state index is 10.8. The van der Waals surface area contributed by atoms with E-state index in [0.29, 0.717) is 11.2 Å². The maximum absolute atomic E-state index is 10.8. The first-order chi connectivity index (χ1) is 6.63. The number of carbonyl (C=O) groups excluding carboxylic acids is 1. The Morgan fingerprint density at radius 1 is 1.57 bits per heavy atom. The van der Waals surface area contributed by atoms with Crippen molar-refractivity contribution in [1.29, 1.82) is 0 Å². The van der Waals surface area contributed by atoms with Gasteiger partial charge in [-0.3, -0.25) is 9.78 Å². The number of hydrogen-bond donors (Lipinski definition) is 2. The monoisotopic (exact) mass is 195 g/mol. The van der Waals surface area contributed by atoms with E-state index in [1.807, 2.05) is 0 Å². The summed E-state index contributed by atoms with van der Waals surface area (Å²) in [6, 6.07) is 3.04. The van der Waals surface area contributed by atoms with Gasteiger partial charge in [0.1, 0.15) is 0 Å². The van der Waals surface area contributed by atoms with E-state index in [1.165, 1.54) is 19.4 Å². The molecule has 1 aromatic heterocycles. The average molecular weight is 195 g/mol. The van der Waals surface area contributed by atoms with Gasteiger partial charge in [0, 0.05) is 11.7 Å². The summed E-state index contributed by atoms with van der Waals surface area (Å²) in [5, 5.41) is 17.5. The van der Waals surface area contributed by atoms with Crippen molar-refractivity contribution in [3.05, 3.63) is 24.0 Å². The fourth-order valence-corrected chi connectivity index (χ4v) is 0.913. The first-order valence-corrected chi connectivity index (χ1v) is 4.01. The minimum Gasteiger partial charge on any atom is -0.469 e. The molecule has 0 aromatic carbocycles. The number of methoxy groups -OCH3 is 1. The number of ether oxygens (including phenoxy) is 1. The molecule has 0 aliphatic rings. The lowest BCUT2D eigenvalue weighted by Gasteiger charge is -2.01. The second-order valence-corrected chi connectivity index (χ2v) is 2.71. The summed E-state index contributed by atoms with van der Waals surface area (Å²) < 4.78 is 4.45. The lowest BCUT2D eigenvalue weighted by Crippen LogP contribution is -2.30. The van der Waals surface area contributed by atoms with Crippen LogP contribution in [-0.2, 0) is 16.0 Å². The Kier molecular flexibility index (Phi) is 3.61. The van der Waals surface area contributed by atoms with Gasteiger partial charge in [-0.25, -0.2) is 0 Å². The van der Waals surface area contributed by atoms with E-state index in [-0.39, 0.29) is 12.4 Å². The van der Waals surface area contributed by atoms with Crippen molar-refractivity contribution in [1.82, 2.24) is 4.98 Å². The third-order valence-electron chi connectivity index (χ3n) is 1.70. The molecule has 1 aromatic rings. The molecule has 0 aliphatic carbocycles. The fraction of sp³-hybridized carbons (Fsp3) is 0.250. The molecule has 0 aliphatic heterocycles. The topological polar surface area (TPSA) is 79.7 Å². The molecule has 1 rings (SSSR count). The number of hydrogen-bond acceptors (Lipinski definition) is 5. The molecular formula is C8H10BNO4. The van der Waals surface area contributed by atoms with Gasteiger partial charge in [0.05, 0.1) is 19.2 Å². The van der Waals surface area contributed by atoms with Crippen LogP contribution in [0.15, 0.2) is 18.3 Å². The SMILES string of the molecule is COC(=O)Cc1ccc(B(O)O)cn1. The van der Waals surface area contributed by atoms with Crippen LogP contribution in [0.3, 0.4) is 0 Å². The van der Waals surface area contributed by atoms with Gasteiger partial charge in [0.2, 0.25) is 0 Å². The highest BCUT2D eigenvalue weighted by molar-refractivity contribution is 6.58. The van der Waals surface area contributed by atoms with Crippen LogP contribution in [0.5, 0.6) is 0 Å². The molecule has 1 heterocycles. The molecule has 74 valence electrons. The third kappa shape index (κ3) is 2.83. The van der Waals surface area contributed by atoms with E-state index in [9.17, 15) is 4.79 Å². The van der Waals surface area contributed by atoms with Crippen LogP contribution in [0.1, 0.15) is 5.69 Å². The van der Waals surface area contributed by atoms with Gasteiger partial charge in [0.25, 0.3) is 0 Å². The van der Waals surface area contributed by atoms with Crippen molar-refractivity contribution in [2.45, 2.75) is 6.42 Å². The largest absolute Gasteiger partial charge is 0.490 e. The van der Waals surface area contributed by atoms with Crippen LogP contribution in [0.25, 0.3) is 0 Å². The zero-order valence-electron chi connectivity index (χ0n) is 7.67. The summed E-state index contributed by atoms with van der Waals surface area (Å²) >= 11 is 0. The Bertz CT molecular complexity index is 312. The molecule has 0 spiro atoms.